The van der Waals surface area contributed by atoms with E-state index >= 15 is 0 Å². The molecule has 1 fully saturated rings. The van der Waals surface area contributed by atoms with Gasteiger partial charge in [0.2, 0.25) is 0 Å². The quantitative estimate of drug-likeness (QED) is 0.683. The molecule has 1 aromatic rings. The summed E-state index contributed by atoms with van der Waals surface area (Å²) < 4.78 is 12.8. The standard InChI is InChI=1S/C11H13FN2O2/c12-7-1-2-10(9(13)5-7)14-8-3-6(4-8)11(15)16/h1-2,5-6,8,14H,3-4,13H2,(H,15,16)/t6-,8-. The van der Waals surface area contributed by atoms with Crippen LogP contribution in [0.15, 0.2) is 18.2 Å². The highest BCUT2D eigenvalue weighted by Gasteiger charge is 2.34. The van der Waals surface area contributed by atoms with E-state index < -0.39 is 5.97 Å². The van der Waals surface area contributed by atoms with Gasteiger partial charge in [0, 0.05) is 6.04 Å². The maximum absolute atomic E-state index is 12.8. The molecule has 0 unspecified atom stereocenters. The third kappa shape index (κ3) is 2.08. The number of carboxylic acid groups (broad SMARTS) is 1. The number of carboxylic acids is 1. The lowest BCUT2D eigenvalue weighted by Crippen LogP contribution is -2.39. The molecule has 0 bridgehead atoms. The number of aliphatic carboxylic acids is 1. The fourth-order valence-corrected chi connectivity index (χ4v) is 1.82. The van der Waals surface area contributed by atoms with Gasteiger partial charge in [-0.2, -0.15) is 0 Å². The Morgan fingerprint density at radius 3 is 2.75 bits per heavy atom. The molecule has 0 radical (unpaired) electrons. The minimum atomic E-state index is -0.759. The highest BCUT2D eigenvalue weighted by molar-refractivity contribution is 5.72. The van der Waals surface area contributed by atoms with Crippen molar-refractivity contribution in [3.05, 3.63) is 24.0 Å². The van der Waals surface area contributed by atoms with Crippen LogP contribution in [0.2, 0.25) is 0 Å². The van der Waals surface area contributed by atoms with Gasteiger partial charge in [-0.3, -0.25) is 4.79 Å². The molecule has 1 aliphatic rings. The van der Waals surface area contributed by atoms with Crippen molar-refractivity contribution in [3.8, 4) is 0 Å². The van der Waals surface area contributed by atoms with Crippen LogP contribution in [0.4, 0.5) is 15.8 Å². The van der Waals surface area contributed by atoms with Crippen LogP contribution in [-0.4, -0.2) is 17.1 Å². The Bertz CT molecular complexity index is 416. The monoisotopic (exact) mass is 224 g/mol. The zero-order valence-corrected chi connectivity index (χ0v) is 8.61. The number of carbonyl (C=O) groups is 1. The molecule has 4 nitrogen and oxygen atoms in total. The summed E-state index contributed by atoms with van der Waals surface area (Å²) in [6.07, 6.45) is 1.18. The van der Waals surface area contributed by atoms with Crippen molar-refractivity contribution in [2.45, 2.75) is 18.9 Å². The summed E-state index contributed by atoms with van der Waals surface area (Å²) in [6.45, 7) is 0. The second-order valence-electron chi connectivity index (χ2n) is 4.08. The summed E-state index contributed by atoms with van der Waals surface area (Å²) in [7, 11) is 0. The van der Waals surface area contributed by atoms with Crippen molar-refractivity contribution in [3.63, 3.8) is 0 Å². The fourth-order valence-electron chi connectivity index (χ4n) is 1.82. The first kappa shape index (κ1) is 10.7. The summed E-state index contributed by atoms with van der Waals surface area (Å²) in [6, 6.07) is 4.26. The van der Waals surface area contributed by atoms with Crippen LogP contribution in [0.1, 0.15) is 12.8 Å². The second kappa shape index (κ2) is 4.00. The normalized spacial score (nSPS) is 23.6. The number of nitrogen functional groups attached to an aromatic ring is 1. The van der Waals surface area contributed by atoms with E-state index in [1.807, 2.05) is 0 Å². The maximum Gasteiger partial charge on any atom is 0.306 e. The molecule has 1 saturated carbocycles. The second-order valence-corrected chi connectivity index (χ2v) is 4.08. The van der Waals surface area contributed by atoms with E-state index in [1.54, 1.807) is 6.07 Å². The van der Waals surface area contributed by atoms with Crippen LogP contribution in [0.25, 0.3) is 0 Å². The molecule has 0 saturated heterocycles. The van der Waals surface area contributed by atoms with Gasteiger partial charge in [-0.05, 0) is 31.0 Å². The van der Waals surface area contributed by atoms with Crippen molar-refractivity contribution >= 4 is 17.3 Å². The number of anilines is 2. The Kier molecular flexibility index (Phi) is 2.68. The molecule has 1 aliphatic carbocycles. The lowest BCUT2D eigenvalue weighted by Gasteiger charge is -2.33. The van der Waals surface area contributed by atoms with Crippen LogP contribution in [-0.2, 0) is 4.79 Å². The zero-order valence-electron chi connectivity index (χ0n) is 8.61. The van der Waals surface area contributed by atoms with Crippen LogP contribution in [0.3, 0.4) is 0 Å². The predicted molar refractivity (Wildman–Crippen MR) is 58.6 cm³/mol. The third-order valence-corrected chi connectivity index (χ3v) is 2.86. The van der Waals surface area contributed by atoms with Gasteiger partial charge >= 0.3 is 5.97 Å². The molecule has 0 amide bonds. The molecule has 0 spiro atoms. The summed E-state index contributed by atoms with van der Waals surface area (Å²) in [4.78, 5) is 10.6. The highest BCUT2D eigenvalue weighted by Crippen LogP contribution is 2.32. The molecular formula is C11H13FN2O2. The first-order valence-corrected chi connectivity index (χ1v) is 5.10. The molecule has 16 heavy (non-hydrogen) atoms. The van der Waals surface area contributed by atoms with Gasteiger partial charge < -0.3 is 16.2 Å². The van der Waals surface area contributed by atoms with Crippen LogP contribution in [0, 0.1) is 11.7 Å². The molecular weight excluding hydrogens is 211 g/mol. The molecule has 0 aromatic heterocycles. The van der Waals surface area contributed by atoms with E-state index in [9.17, 15) is 9.18 Å². The fraction of sp³-hybridized carbons (Fsp3) is 0.364. The maximum atomic E-state index is 12.8. The van der Waals surface area contributed by atoms with E-state index in [0.717, 1.165) is 0 Å². The predicted octanol–water partition coefficient (Wildman–Crippen LogP) is 1.68. The highest BCUT2D eigenvalue weighted by atomic mass is 19.1. The molecule has 0 heterocycles. The number of rotatable bonds is 3. The van der Waals surface area contributed by atoms with Gasteiger partial charge in [-0.1, -0.05) is 0 Å². The first-order valence-electron chi connectivity index (χ1n) is 5.10. The first-order chi connectivity index (χ1) is 7.56. The zero-order chi connectivity index (χ0) is 11.7. The Morgan fingerprint density at radius 2 is 2.19 bits per heavy atom. The number of hydrogen-bond acceptors (Lipinski definition) is 3. The average molecular weight is 224 g/mol. The number of nitrogens with two attached hydrogens (primary N) is 1. The van der Waals surface area contributed by atoms with Crippen molar-refractivity contribution in [1.82, 2.24) is 0 Å². The lowest BCUT2D eigenvalue weighted by molar-refractivity contribution is -0.144. The molecule has 1 aromatic carbocycles. The van der Waals surface area contributed by atoms with Crippen molar-refractivity contribution in [1.29, 1.82) is 0 Å². The van der Waals surface area contributed by atoms with Gasteiger partial charge in [-0.15, -0.1) is 0 Å². The average Bonchev–Trinajstić information content (AvgIpc) is 2.12. The van der Waals surface area contributed by atoms with Crippen molar-refractivity contribution in [2.24, 2.45) is 5.92 Å². The molecule has 86 valence electrons. The Balaban J connectivity index is 1.94. The topological polar surface area (TPSA) is 75.3 Å². The van der Waals surface area contributed by atoms with Crippen LogP contribution in [0.5, 0.6) is 0 Å². The SMILES string of the molecule is Nc1cc(F)ccc1N[C@H]1C[C@H](C(=O)O)C1. The van der Waals surface area contributed by atoms with Crippen LogP contribution >= 0.6 is 0 Å². The van der Waals surface area contributed by atoms with Gasteiger partial charge in [0.1, 0.15) is 5.82 Å². The number of nitrogens with one attached hydrogen (secondary N) is 1. The number of benzene rings is 1. The summed E-state index contributed by atoms with van der Waals surface area (Å²) in [5, 5.41) is 11.8. The molecule has 2 rings (SSSR count). The Labute approximate surface area is 92.3 Å². The van der Waals surface area contributed by atoms with E-state index in [4.69, 9.17) is 10.8 Å². The van der Waals surface area contributed by atoms with Crippen LogP contribution < -0.4 is 11.1 Å². The number of halogens is 1. The smallest absolute Gasteiger partial charge is 0.306 e. The minimum Gasteiger partial charge on any atom is -0.481 e. The number of hydrogen-bond donors (Lipinski definition) is 3. The van der Waals surface area contributed by atoms with Gasteiger partial charge in [-0.25, -0.2) is 4.39 Å². The third-order valence-electron chi connectivity index (χ3n) is 2.86. The van der Waals surface area contributed by atoms with E-state index in [0.29, 0.717) is 24.2 Å². The van der Waals surface area contributed by atoms with Crippen molar-refractivity contribution < 1.29 is 14.3 Å². The van der Waals surface area contributed by atoms with Gasteiger partial charge in [0.15, 0.2) is 0 Å². The molecule has 0 aliphatic heterocycles. The lowest BCUT2D eigenvalue weighted by atomic mass is 9.80. The van der Waals surface area contributed by atoms with E-state index in [1.165, 1.54) is 12.1 Å². The Morgan fingerprint density at radius 1 is 1.50 bits per heavy atom. The van der Waals surface area contributed by atoms with E-state index in [-0.39, 0.29) is 17.8 Å². The van der Waals surface area contributed by atoms with Crippen molar-refractivity contribution in [2.75, 3.05) is 11.1 Å². The molecule has 0 atom stereocenters. The molecule has 5 heteroatoms. The summed E-state index contributed by atoms with van der Waals surface area (Å²) in [5.74, 6) is -1.40. The Hall–Kier alpha value is -1.78. The van der Waals surface area contributed by atoms with Gasteiger partial charge in [0.25, 0.3) is 0 Å². The minimum absolute atomic E-state index is 0.119. The summed E-state index contributed by atoms with van der Waals surface area (Å²) in [5.41, 5.74) is 6.63. The molecule has 4 N–H and O–H groups in total. The summed E-state index contributed by atoms with van der Waals surface area (Å²) >= 11 is 0. The van der Waals surface area contributed by atoms with E-state index in [2.05, 4.69) is 5.32 Å². The largest absolute Gasteiger partial charge is 0.481 e. The van der Waals surface area contributed by atoms with Gasteiger partial charge in [0.05, 0.1) is 17.3 Å².